The van der Waals surface area contributed by atoms with Crippen molar-refractivity contribution >= 4 is 27.4 Å². The van der Waals surface area contributed by atoms with Gasteiger partial charge in [-0.2, -0.15) is 0 Å². The second-order valence-electron chi connectivity index (χ2n) is 3.96. The zero-order valence-electron chi connectivity index (χ0n) is 9.87. The third-order valence-electron chi connectivity index (χ3n) is 2.59. The SMILES string of the molecule is Cc1nc(NCc2cc(F)ccc2Br)ccc1N. The van der Waals surface area contributed by atoms with Crippen LogP contribution >= 0.6 is 15.9 Å². The summed E-state index contributed by atoms with van der Waals surface area (Å²) in [5.41, 5.74) is 7.97. The van der Waals surface area contributed by atoms with Gasteiger partial charge in [0, 0.05) is 11.0 Å². The molecule has 2 aromatic rings. The van der Waals surface area contributed by atoms with Gasteiger partial charge in [0.1, 0.15) is 11.6 Å². The monoisotopic (exact) mass is 309 g/mol. The molecular weight excluding hydrogens is 297 g/mol. The van der Waals surface area contributed by atoms with E-state index in [0.29, 0.717) is 12.2 Å². The molecule has 1 heterocycles. The molecule has 1 aromatic carbocycles. The fraction of sp³-hybridized carbons (Fsp3) is 0.154. The highest BCUT2D eigenvalue weighted by atomic mass is 79.9. The maximum atomic E-state index is 13.1. The zero-order valence-corrected chi connectivity index (χ0v) is 11.5. The largest absolute Gasteiger partial charge is 0.397 e. The number of halogens is 2. The Labute approximate surface area is 113 Å². The summed E-state index contributed by atoms with van der Waals surface area (Å²) in [5, 5.41) is 3.13. The summed E-state index contributed by atoms with van der Waals surface area (Å²) in [6.45, 7) is 2.34. The first-order valence-corrected chi connectivity index (χ1v) is 6.26. The molecule has 5 heteroatoms. The maximum Gasteiger partial charge on any atom is 0.126 e. The van der Waals surface area contributed by atoms with Gasteiger partial charge >= 0.3 is 0 Å². The molecule has 0 spiro atoms. The second-order valence-corrected chi connectivity index (χ2v) is 4.81. The lowest BCUT2D eigenvalue weighted by Gasteiger charge is -2.09. The van der Waals surface area contributed by atoms with Crippen molar-refractivity contribution in [3.63, 3.8) is 0 Å². The molecule has 0 radical (unpaired) electrons. The van der Waals surface area contributed by atoms with Crippen LogP contribution in [-0.2, 0) is 6.54 Å². The van der Waals surface area contributed by atoms with E-state index in [4.69, 9.17) is 5.73 Å². The van der Waals surface area contributed by atoms with Gasteiger partial charge in [0.25, 0.3) is 0 Å². The summed E-state index contributed by atoms with van der Waals surface area (Å²) < 4.78 is 14.0. The Balaban J connectivity index is 2.11. The Morgan fingerprint density at radius 2 is 2.11 bits per heavy atom. The van der Waals surface area contributed by atoms with Crippen molar-refractivity contribution in [2.24, 2.45) is 0 Å². The lowest BCUT2D eigenvalue weighted by atomic mass is 10.2. The number of aryl methyl sites for hydroxylation is 1. The van der Waals surface area contributed by atoms with Crippen molar-refractivity contribution in [2.75, 3.05) is 11.1 Å². The van der Waals surface area contributed by atoms with Crippen LogP contribution in [0.15, 0.2) is 34.8 Å². The molecule has 0 amide bonds. The van der Waals surface area contributed by atoms with Crippen LogP contribution in [0.4, 0.5) is 15.9 Å². The number of nitrogen functional groups attached to an aromatic ring is 1. The minimum absolute atomic E-state index is 0.253. The van der Waals surface area contributed by atoms with E-state index in [2.05, 4.69) is 26.2 Å². The van der Waals surface area contributed by atoms with Crippen LogP contribution in [0.5, 0.6) is 0 Å². The van der Waals surface area contributed by atoms with Crippen LogP contribution in [0, 0.1) is 12.7 Å². The van der Waals surface area contributed by atoms with Crippen LogP contribution in [0.25, 0.3) is 0 Å². The molecule has 0 aliphatic heterocycles. The normalized spacial score (nSPS) is 10.4. The molecule has 0 unspecified atom stereocenters. The number of nitrogens with one attached hydrogen (secondary N) is 1. The predicted molar refractivity (Wildman–Crippen MR) is 74.8 cm³/mol. The van der Waals surface area contributed by atoms with Crippen molar-refractivity contribution in [1.82, 2.24) is 4.98 Å². The summed E-state index contributed by atoms with van der Waals surface area (Å²) in [6.07, 6.45) is 0. The van der Waals surface area contributed by atoms with Crippen LogP contribution in [0.1, 0.15) is 11.3 Å². The second kappa shape index (κ2) is 5.35. The van der Waals surface area contributed by atoms with Gasteiger partial charge in [-0.3, -0.25) is 0 Å². The van der Waals surface area contributed by atoms with E-state index >= 15 is 0 Å². The van der Waals surface area contributed by atoms with Crippen LogP contribution in [0.2, 0.25) is 0 Å². The van der Waals surface area contributed by atoms with Crippen LogP contribution in [0.3, 0.4) is 0 Å². The highest BCUT2D eigenvalue weighted by molar-refractivity contribution is 9.10. The molecule has 0 bridgehead atoms. The van der Waals surface area contributed by atoms with E-state index in [1.54, 1.807) is 18.2 Å². The first kappa shape index (κ1) is 12.8. The minimum Gasteiger partial charge on any atom is -0.397 e. The number of rotatable bonds is 3. The van der Waals surface area contributed by atoms with Gasteiger partial charge in [-0.15, -0.1) is 0 Å². The topological polar surface area (TPSA) is 50.9 Å². The molecule has 3 nitrogen and oxygen atoms in total. The highest BCUT2D eigenvalue weighted by Gasteiger charge is 2.03. The van der Waals surface area contributed by atoms with Crippen LogP contribution < -0.4 is 11.1 Å². The summed E-state index contributed by atoms with van der Waals surface area (Å²) >= 11 is 3.38. The molecule has 18 heavy (non-hydrogen) atoms. The smallest absolute Gasteiger partial charge is 0.126 e. The van der Waals surface area contributed by atoms with E-state index < -0.39 is 0 Å². The number of pyridine rings is 1. The lowest BCUT2D eigenvalue weighted by molar-refractivity contribution is 0.625. The fourth-order valence-electron chi connectivity index (χ4n) is 1.53. The Morgan fingerprint density at radius 3 is 2.83 bits per heavy atom. The van der Waals surface area contributed by atoms with E-state index in [1.807, 2.05) is 6.92 Å². The van der Waals surface area contributed by atoms with E-state index in [1.165, 1.54) is 12.1 Å². The molecule has 1 aromatic heterocycles. The lowest BCUT2D eigenvalue weighted by Crippen LogP contribution is -2.04. The van der Waals surface area contributed by atoms with Crippen LogP contribution in [-0.4, -0.2) is 4.98 Å². The molecule has 0 saturated carbocycles. The number of anilines is 2. The summed E-state index contributed by atoms with van der Waals surface area (Å²) in [7, 11) is 0. The number of nitrogens with two attached hydrogens (primary N) is 1. The zero-order chi connectivity index (χ0) is 13.1. The molecular formula is C13H13BrFN3. The number of hydrogen-bond acceptors (Lipinski definition) is 3. The minimum atomic E-state index is -0.253. The fourth-order valence-corrected chi connectivity index (χ4v) is 1.92. The van der Waals surface area contributed by atoms with Crippen molar-refractivity contribution < 1.29 is 4.39 Å². The summed E-state index contributed by atoms with van der Waals surface area (Å²) in [5.74, 6) is 0.467. The maximum absolute atomic E-state index is 13.1. The number of hydrogen-bond donors (Lipinski definition) is 2. The number of benzene rings is 1. The molecule has 0 saturated heterocycles. The third kappa shape index (κ3) is 2.98. The number of nitrogens with zero attached hydrogens (tertiary/aromatic N) is 1. The van der Waals surface area contributed by atoms with Crippen molar-refractivity contribution in [1.29, 1.82) is 0 Å². The van der Waals surface area contributed by atoms with Gasteiger partial charge in [0.15, 0.2) is 0 Å². The molecule has 2 rings (SSSR count). The van der Waals surface area contributed by atoms with Gasteiger partial charge in [-0.25, -0.2) is 9.37 Å². The van der Waals surface area contributed by atoms with Gasteiger partial charge < -0.3 is 11.1 Å². The summed E-state index contributed by atoms with van der Waals surface area (Å²) in [6, 6.07) is 8.19. The Kier molecular flexibility index (Phi) is 3.81. The van der Waals surface area contributed by atoms with Gasteiger partial charge in [-0.1, -0.05) is 15.9 Å². The van der Waals surface area contributed by atoms with Crippen molar-refractivity contribution in [3.8, 4) is 0 Å². The van der Waals surface area contributed by atoms with Gasteiger partial charge in [0.2, 0.25) is 0 Å². The quantitative estimate of drug-likeness (QED) is 0.912. The Morgan fingerprint density at radius 1 is 1.33 bits per heavy atom. The molecule has 0 aliphatic rings. The Bertz CT molecular complexity index is 572. The molecule has 94 valence electrons. The first-order valence-electron chi connectivity index (χ1n) is 5.47. The van der Waals surface area contributed by atoms with Crippen molar-refractivity contribution in [2.45, 2.75) is 13.5 Å². The number of aromatic nitrogens is 1. The predicted octanol–water partition coefficient (Wildman–Crippen LogP) is 3.49. The van der Waals surface area contributed by atoms with E-state index in [9.17, 15) is 4.39 Å². The standard InChI is InChI=1S/C13H13BrFN3/c1-8-12(16)4-5-13(18-8)17-7-9-6-10(15)2-3-11(9)14/h2-6H,7,16H2,1H3,(H,17,18). The van der Waals surface area contributed by atoms with E-state index in [0.717, 1.165) is 21.5 Å². The molecule has 0 fully saturated rings. The Hall–Kier alpha value is -1.62. The average Bonchev–Trinajstić information content (AvgIpc) is 2.34. The summed E-state index contributed by atoms with van der Waals surface area (Å²) in [4.78, 5) is 4.29. The van der Waals surface area contributed by atoms with Gasteiger partial charge in [-0.05, 0) is 42.8 Å². The molecule has 3 N–H and O–H groups in total. The molecule has 0 aliphatic carbocycles. The van der Waals surface area contributed by atoms with Crippen molar-refractivity contribution in [3.05, 3.63) is 51.9 Å². The first-order chi connectivity index (χ1) is 8.56. The van der Waals surface area contributed by atoms with E-state index in [-0.39, 0.29) is 5.82 Å². The van der Waals surface area contributed by atoms with Gasteiger partial charge in [0.05, 0.1) is 11.4 Å². The average molecular weight is 310 g/mol. The molecule has 0 atom stereocenters. The highest BCUT2D eigenvalue weighted by Crippen LogP contribution is 2.19. The third-order valence-corrected chi connectivity index (χ3v) is 3.37.